The van der Waals surface area contributed by atoms with Gasteiger partial charge in [-0.3, -0.25) is 0 Å². The Labute approximate surface area is 110 Å². The van der Waals surface area contributed by atoms with Crippen LogP contribution in [0.25, 0.3) is 0 Å². The third-order valence-corrected chi connectivity index (χ3v) is 4.60. The normalized spacial score (nSPS) is 13.4. The Balaban J connectivity index is 2.53. The van der Waals surface area contributed by atoms with Crippen molar-refractivity contribution in [3.8, 4) is 0 Å². The number of aliphatic hydroxyl groups excluding tert-OH is 1. The predicted molar refractivity (Wildman–Crippen MR) is 73.1 cm³/mol. The van der Waals surface area contributed by atoms with Crippen molar-refractivity contribution in [3.63, 3.8) is 0 Å². The number of halogens is 1. The van der Waals surface area contributed by atoms with Crippen molar-refractivity contribution in [2.24, 2.45) is 0 Å². The number of hydrogen-bond donors (Lipinski definition) is 2. The minimum absolute atomic E-state index is 0.0509. The summed E-state index contributed by atoms with van der Waals surface area (Å²) in [5.41, 5.74) is 0. The van der Waals surface area contributed by atoms with Gasteiger partial charge in [0.2, 0.25) is 0 Å². The van der Waals surface area contributed by atoms with Crippen molar-refractivity contribution >= 4 is 27.3 Å². The molecule has 0 fully saturated rings. The lowest BCUT2D eigenvalue weighted by Crippen LogP contribution is -2.31. The van der Waals surface area contributed by atoms with E-state index in [0.717, 1.165) is 17.6 Å². The molecule has 0 aromatic carbocycles. The second kappa shape index (κ2) is 6.71. The molecule has 2 N–H and O–H groups in total. The van der Waals surface area contributed by atoms with Crippen LogP contribution in [0.2, 0.25) is 0 Å². The maximum Gasteiger partial charge on any atom is 0.0650 e. The van der Waals surface area contributed by atoms with Gasteiger partial charge in [-0.25, -0.2) is 0 Å². The molecular formula is C11H19BrN2OS. The summed E-state index contributed by atoms with van der Waals surface area (Å²) in [5, 5.41) is 12.7. The Hall–Kier alpha value is 0.0600. The van der Waals surface area contributed by atoms with Crippen LogP contribution in [-0.4, -0.2) is 43.8 Å². The number of aryl methyl sites for hydroxylation is 1. The molecule has 3 nitrogen and oxygen atoms in total. The van der Waals surface area contributed by atoms with Crippen molar-refractivity contribution in [1.82, 2.24) is 10.2 Å². The Morgan fingerprint density at radius 3 is 2.69 bits per heavy atom. The monoisotopic (exact) mass is 306 g/mol. The summed E-state index contributed by atoms with van der Waals surface area (Å²) in [6.45, 7) is 4.07. The molecule has 5 heteroatoms. The summed E-state index contributed by atoms with van der Waals surface area (Å²) in [7, 11) is 4.09. The van der Waals surface area contributed by atoms with E-state index in [2.05, 4.69) is 39.1 Å². The van der Waals surface area contributed by atoms with Gasteiger partial charge in [0.1, 0.15) is 0 Å². The standard InChI is InChI=1S/C11H19BrN2OS/c1-8-9(12)6-11(16-8)10(7-15)13-4-5-14(2)3/h6,10,13,15H,4-5,7H2,1-3H3. The van der Waals surface area contributed by atoms with Crippen LogP contribution in [-0.2, 0) is 0 Å². The zero-order chi connectivity index (χ0) is 12.1. The van der Waals surface area contributed by atoms with Crippen LogP contribution in [0.15, 0.2) is 10.5 Å². The summed E-state index contributed by atoms with van der Waals surface area (Å²) < 4.78 is 1.13. The van der Waals surface area contributed by atoms with Crippen LogP contribution < -0.4 is 5.32 Å². The first kappa shape index (κ1) is 14.1. The molecule has 1 heterocycles. The first-order valence-corrected chi connectivity index (χ1v) is 6.90. The number of hydrogen-bond acceptors (Lipinski definition) is 4. The fourth-order valence-electron chi connectivity index (χ4n) is 1.37. The molecule has 1 aromatic heterocycles. The SMILES string of the molecule is Cc1sc(C(CO)NCCN(C)C)cc1Br. The molecule has 0 aliphatic carbocycles. The fourth-order valence-corrected chi connectivity index (χ4v) is 3.00. The van der Waals surface area contributed by atoms with Gasteiger partial charge in [0.25, 0.3) is 0 Å². The minimum Gasteiger partial charge on any atom is -0.394 e. The Morgan fingerprint density at radius 2 is 2.25 bits per heavy atom. The predicted octanol–water partition coefficient (Wildman–Crippen LogP) is 2.00. The van der Waals surface area contributed by atoms with Crippen LogP contribution in [0.3, 0.4) is 0 Å². The summed E-state index contributed by atoms with van der Waals surface area (Å²) in [6, 6.07) is 2.14. The van der Waals surface area contributed by atoms with Crippen molar-refractivity contribution in [2.75, 3.05) is 33.8 Å². The molecule has 0 spiro atoms. The quantitative estimate of drug-likeness (QED) is 0.844. The van der Waals surface area contributed by atoms with E-state index in [-0.39, 0.29) is 12.6 Å². The van der Waals surface area contributed by atoms with E-state index in [1.807, 2.05) is 14.1 Å². The number of nitrogens with one attached hydrogen (secondary N) is 1. The highest BCUT2D eigenvalue weighted by Gasteiger charge is 2.13. The lowest BCUT2D eigenvalue weighted by atomic mass is 10.2. The molecule has 0 bridgehead atoms. The Bertz CT molecular complexity index is 308. The Kier molecular flexibility index (Phi) is 5.92. The van der Waals surface area contributed by atoms with E-state index in [9.17, 15) is 5.11 Å². The molecule has 1 unspecified atom stereocenters. The smallest absolute Gasteiger partial charge is 0.0650 e. The molecule has 1 rings (SSSR count). The first-order chi connectivity index (χ1) is 7.54. The highest BCUT2D eigenvalue weighted by molar-refractivity contribution is 9.10. The Morgan fingerprint density at radius 1 is 1.56 bits per heavy atom. The number of nitrogens with zero attached hydrogens (tertiary/aromatic N) is 1. The third-order valence-electron chi connectivity index (χ3n) is 2.35. The highest BCUT2D eigenvalue weighted by Crippen LogP contribution is 2.30. The van der Waals surface area contributed by atoms with Gasteiger partial charge in [0.15, 0.2) is 0 Å². The summed E-state index contributed by atoms with van der Waals surface area (Å²) >= 11 is 5.22. The van der Waals surface area contributed by atoms with Gasteiger partial charge in [0.05, 0.1) is 12.6 Å². The van der Waals surface area contributed by atoms with E-state index in [1.165, 1.54) is 9.75 Å². The molecular weight excluding hydrogens is 288 g/mol. The topological polar surface area (TPSA) is 35.5 Å². The van der Waals surface area contributed by atoms with E-state index < -0.39 is 0 Å². The number of aliphatic hydroxyl groups is 1. The van der Waals surface area contributed by atoms with E-state index in [1.54, 1.807) is 11.3 Å². The molecule has 0 aliphatic rings. The van der Waals surface area contributed by atoms with Crippen LogP contribution in [0, 0.1) is 6.92 Å². The molecule has 92 valence electrons. The van der Waals surface area contributed by atoms with E-state index in [0.29, 0.717) is 0 Å². The van der Waals surface area contributed by atoms with Crippen LogP contribution >= 0.6 is 27.3 Å². The molecule has 0 radical (unpaired) electrons. The summed E-state index contributed by atoms with van der Waals surface area (Å²) in [6.07, 6.45) is 0. The second-order valence-corrected chi connectivity index (χ2v) is 6.19. The molecule has 1 aromatic rings. The van der Waals surface area contributed by atoms with Gasteiger partial charge in [0, 0.05) is 27.3 Å². The lowest BCUT2D eigenvalue weighted by molar-refractivity contribution is 0.242. The minimum atomic E-state index is 0.0509. The summed E-state index contributed by atoms with van der Waals surface area (Å²) in [4.78, 5) is 4.56. The molecule has 16 heavy (non-hydrogen) atoms. The van der Waals surface area contributed by atoms with Gasteiger partial charge in [-0.05, 0) is 43.0 Å². The van der Waals surface area contributed by atoms with Gasteiger partial charge >= 0.3 is 0 Å². The first-order valence-electron chi connectivity index (χ1n) is 5.29. The second-order valence-electron chi connectivity index (χ2n) is 4.05. The zero-order valence-corrected chi connectivity index (χ0v) is 12.4. The molecule has 0 amide bonds. The van der Waals surface area contributed by atoms with E-state index >= 15 is 0 Å². The summed E-state index contributed by atoms with van der Waals surface area (Å²) in [5.74, 6) is 0. The highest BCUT2D eigenvalue weighted by atomic mass is 79.9. The zero-order valence-electron chi connectivity index (χ0n) is 9.96. The van der Waals surface area contributed by atoms with Gasteiger partial charge in [-0.2, -0.15) is 0 Å². The molecule has 0 aliphatic heterocycles. The molecule has 1 atom stereocenters. The van der Waals surface area contributed by atoms with Gasteiger partial charge < -0.3 is 15.3 Å². The number of likely N-dealkylation sites (N-methyl/N-ethyl adjacent to an activating group) is 1. The largest absolute Gasteiger partial charge is 0.394 e. The average molecular weight is 307 g/mol. The third kappa shape index (κ3) is 4.14. The van der Waals surface area contributed by atoms with Crippen LogP contribution in [0.1, 0.15) is 15.8 Å². The number of rotatable bonds is 6. The fraction of sp³-hybridized carbons (Fsp3) is 0.636. The maximum atomic E-state index is 9.36. The van der Waals surface area contributed by atoms with Crippen molar-refractivity contribution < 1.29 is 5.11 Å². The van der Waals surface area contributed by atoms with Crippen molar-refractivity contribution in [2.45, 2.75) is 13.0 Å². The number of thiophene rings is 1. The van der Waals surface area contributed by atoms with Crippen molar-refractivity contribution in [1.29, 1.82) is 0 Å². The van der Waals surface area contributed by atoms with Crippen LogP contribution in [0.4, 0.5) is 0 Å². The van der Waals surface area contributed by atoms with Gasteiger partial charge in [-0.15, -0.1) is 11.3 Å². The van der Waals surface area contributed by atoms with E-state index in [4.69, 9.17) is 0 Å². The molecule has 0 saturated carbocycles. The van der Waals surface area contributed by atoms with Gasteiger partial charge in [-0.1, -0.05) is 0 Å². The molecule has 0 saturated heterocycles. The maximum absolute atomic E-state index is 9.36. The van der Waals surface area contributed by atoms with Crippen LogP contribution in [0.5, 0.6) is 0 Å². The van der Waals surface area contributed by atoms with Crippen molar-refractivity contribution in [3.05, 3.63) is 20.3 Å². The average Bonchev–Trinajstić information content (AvgIpc) is 2.53. The lowest BCUT2D eigenvalue weighted by Gasteiger charge is -2.16.